The fourth-order valence-electron chi connectivity index (χ4n) is 2.66. The van der Waals surface area contributed by atoms with Gasteiger partial charge >= 0.3 is 0 Å². The average Bonchev–Trinajstić information content (AvgIpc) is 2.60. The summed E-state index contributed by atoms with van der Waals surface area (Å²) in [5.41, 5.74) is 1.98. The molecule has 0 heteroatoms. The van der Waals surface area contributed by atoms with Gasteiger partial charge in [-0.1, -0.05) is 78.6 Å². The number of hydrogen-bond acceptors (Lipinski definition) is 0. The highest BCUT2D eigenvalue weighted by atomic mass is 14.0. The fourth-order valence-corrected chi connectivity index (χ4v) is 2.66. The van der Waals surface area contributed by atoms with Crippen molar-refractivity contribution in [3.8, 4) is 11.8 Å². The molecule has 0 saturated heterocycles. The van der Waals surface area contributed by atoms with E-state index in [-0.39, 0.29) is 0 Å². The molecule has 0 aliphatic heterocycles. The normalized spacial score (nSPS) is 10.4. The monoisotopic (exact) mass is 277 g/mol. The van der Waals surface area contributed by atoms with Crippen LogP contribution in [0.1, 0.15) is 11.1 Å². The number of rotatable bonds is 0. The van der Waals surface area contributed by atoms with Crippen LogP contribution in [0, 0.1) is 17.9 Å². The van der Waals surface area contributed by atoms with Gasteiger partial charge in [0, 0.05) is 17.2 Å². The van der Waals surface area contributed by atoms with Gasteiger partial charge in [-0.05, 0) is 33.7 Å². The molecule has 0 atom stereocenters. The molecule has 22 heavy (non-hydrogen) atoms. The molecule has 4 rings (SSSR count). The van der Waals surface area contributed by atoms with Crippen molar-refractivity contribution in [2.45, 2.75) is 0 Å². The maximum absolute atomic E-state index is 3.37. The summed E-state index contributed by atoms with van der Waals surface area (Å²) in [5, 5.41) is 4.71. The molecule has 0 N–H and O–H groups in total. The highest BCUT2D eigenvalue weighted by Crippen LogP contribution is 2.18. The van der Waals surface area contributed by atoms with Gasteiger partial charge in [-0.2, -0.15) is 0 Å². The van der Waals surface area contributed by atoms with E-state index < -0.39 is 0 Å². The van der Waals surface area contributed by atoms with Crippen molar-refractivity contribution in [3.63, 3.8) is 0 Å². The second-order valence-corrected chi connectivity index (χ2v) is 5.24. The summed E-state index contributed by atoms with van der Waals surface area (Å²) in [5.74, 6) is 6.53. The first-order chi connectivity index (χ1) is 10.9. The minimum Gasteiger partial charge on any atom is -0.0616 e. The number of hydrogen-bond donors (Lipinski definition) is 0. The van der Waals surface area contributed by atoms with Crippen molar-refractivity contribution in [2.24, 2.45) is 0 Å². The van der Waals surface area contributed by atoms with Crippen LogP contribution in [0.4, 0.5) is 0 Å². The summed E-state index contributed by atoms with van der Waals surface area (Å²) in [4.78, 5) is 0. The van der Waals surface area contributed by atoms with Gasteiger partial charge in [-0.3, -0.25) is 0 Å². The van der Waals surface area contributed by atoms with Crippen LogP contribution in [0.5, 0.6) is 0 Å². The molecule has 0 aliphatic carbocycles. The van der Waals surface area contributed by atoms with Crippen molar-refractivity contribution in [3.05, 3.63) is 96.1 Å². The Morgan fingerprint density at radius 2 is 1.36 bits per heavy atom. The van der Waals surface area contributed by atoms with Crippen molar-refractivity contribution in [1.29, 1.82) is 0 Å². The van der Waals surface area contributed by atoms with Crippen LogP contribution in [0.2, 0.25) is 0 Å². The van der Waals surface area contributed by atoms with Gasteiger partial charge in [0.15, 0.2) is 0 Å². The maximum Gasteiger partial charge on any atom is 0.0334 e. The molecular weight excluding hydrogens is 264 g/mol. The van der Waals surface area contributed by atoms with Crippen molar-refractivity contribution >= 4 is 21.5 Å². The molecule has 0 fully saturated rings. The first kappa shape index (κ1) is 12.7. The van der Waals surface area contributed by atoms with E-state index in [1.54, 1.807) is 0 Å². The summed E-state index contributed by atoms with van der Waals surface area (Å²) >= 11 is 0. The first-order valence-corrected chi connectivity index (χ1v) is 7.31. The Bertz CT molecular complexity index is 1020. The van der Waals surface area contributed by atoms with Gasteiger partial charge in [0.05, 0.1) is 0 Å². The van der Waals surface area contributed by atoms with Crippen LogP contribution in [-0.2, 0) is 0 Å². The molecule has 0 saturated carbocycles. The SMILES string of the molecule is C(#Cc1cccc2ccccc12)c1[c]c2ccccc2cc1. The Labute approximate surface area is 130 Å². The molecular formula is C22H13. The molecule has 0 unspecified atom stereocenters. The highest BCUT2D eigenvalue weighted by molar-refractivity contribution is 5.88. The molecule has 0 aromatic heterocycles. The largest absolute Gasteiger partial charge is 0.0616 e. The molecule has 101 valence electrons. The van der Waals surface area contributed by atoms with Gasteiger partial charge in [0.2, 0.25) is 0 Å². The standard InChI is InChI=1S/C22H13/c1-2-8-21-16-17(12-14-18(21)6-1)13-15-20-10-5-9-19-7-3-4-11-22(19)20/h1-12,14H. The van der Waals surface area contributed by atoms with Gasteiger partial charge < -0.3 is 0 Å². The highest BCUT2D eigenvalue weighted by Gasteiger charge is 1.97. The molecule has 0 amide bonds. The van der Waals surface area contributed by atoms with E-state index in [4.69, 9.17) is 0 Å². The lowest BCUT2D eigenvalue weighted by atomic mass is 10.0. The Hall–Kier alpha value is -3.04. The summed E-state index contributed by atoms with van der Waals surface area (Å²) in [6.07, 6.45) is 0. The van der Waals surface area contributed by atoms with E-state index in [2.05, 4.69) is 78.6 Å². The van der Waals surface area contributed by atoms with Crippen molar-refractivity contribution in [2.75, 3.05) is 0 Å². The quantitative estimate of drug-likeness (QED) is 0.388. The fraction of sp³-hybridized carbons (Fsp3) is 0. The third kappa shape index (κ3) is 2.34. The van der Waals surface area contributed by atoms with Crippen LogP contribution in [-0.4, -0.2) is 0 Å². The third-order valence-corrected chi connectivity index (χ3v) is 3.78. The average molecular weight is 277 g/mol. The minimum absolute atomic E-state index is 0.923. The van der Waals surface area contributed by atoms with Crippen LogP contribution in [0.15, 0.2) is 78.9 Å². The van der Waals surface area contributed by atoms with E-state index >= 15 is 0 Å². The Morgan fingerprint density at radius 3 is 2.32 bits per heavy atom. The van der Waals surface area contributed by atoms with Gasteiger partial charge in [-0.15, -0.1) is 0 Å². The van der Waals surface area contributed by atoms with Crippen molar-refractivity contribution in [1.82, 2.24) is 0 Å². The molecule has 4 aromatic carbocycles. The lowest BCUT2D eigenvalue weighted by Crippen LogP contribution is -1.81. The molecule has 4 aromatic rings. The zero-order valence-corrected chi connectivity index (χ0v) is 12.0. The van der Waals surface area contributed by atoms with Crippen LogP contribution >= 0.6 is 0 Å². The van der Waals surface area contributed by atoms with Gasteiger partial charge in [0.1, 0.15) is 0 Å². The summed E-state index contributed by atoms with van der Waals surface area (Å²) in [7, 11) is 0. The first-order valence-electron chi connectivity index (χ1n) is 7.31. The van der Waals surface area contributed by atoms with Crippen LogP contribution < -0.4 is 0 Å². The van der Waals surface area contributed by atoms with E-state index in [9.17, 15) is 0 Å². The smallest absolute Gasteiger partial charge is 0.0334 e. The zero-order valence-electron chi connectivity index (χ0n) is 12.0. The second kappa shape index (κ2) is 5.39. The summed E-state index contributed by atoms with van der Waals surface area (Å²) in [6, 6.07) is 30.3. The second-order valence-electron chi connectivity index (χ2n) is 5.24. The van der Waals surface area contributed by atoms with Gasteiger partial charge in [0.25, 0.3) is 0 Å². The van der Waals surface area contributed by atoms with Crippen molar-refractivity contribution < 1.29 is 0 Å². The van der Waals surface area contributed by atoms with Crippen LogP contribution in [0.25, 0.3) is 21.5 Å². The predicted molar refractivity (Wildman–Crippen MR) is 92.7 cm³/mol. The Morgan fingerprint density at radius 1 is 0.591 bits per heavy atom. The third-order valence-electron chi connectivity index (χ3n) is 3.78. The maximum atomic E-state index is 3.37. The summed E-state index contributed by atoms with van der Waals surface area (Å²) < 4.78 is 0. The molecule has 0 aliphatic rings. The molecule has 0 bridgehead atoms. The lowest BCUT2D eigenvalue weighted by molar-refractivity contribution is 1.67. The molecule has 1 radical (unpaired) electrons. The summed E-state index contributed by atoms with van der Waals surface area (Å²) in [6.45, 7) is 0. The zero-order chi connectivity index (χ0) is 14.8. The number of benzene rings is 4. The molecule has 0 heterocycles. The van der Waals surface area contributed by atoms with E-state index in [0.29, 0.717) is 0 Å². The Balaban J connectivity index is 1.80. The minimum atomic E-state index is 0.923. The number of fused-ring (bicyclic) bond motifs is 2. The van der Waals surface area contributed by atoms with E-state index in [1.807, 2.05) is 18.2 Å². The molecule has 0 nitrogen and oxygen atoms in total. The van der Waals surface area contributed by atoms with Gasteiger partial charge in [-0.25, -0.2) is 0 Å². The van der Waals surface area contributed by atoms with E-state index in [0.717, 1.165) is 16.5 Å². The lowest BCUT2D eigenvalue weighted by Gasteiger charge is -2.00. The van der Waals surface area contributed by atoms with Crippen LogP contribution in [0.3, 0.4) is 0 Å². The molecule has 0 spiro atoms. The Kier molecular flexibility index (Phi) is 3.11. The predicted octanol–water partition coefficient (Wildman–Crippen LogP) is 5.19. The topological polar surface area (TPSA) is 0 Å². The van der Waals surface area contributed by atoms with E-state index in [1.165, 1.54) is 16.2 Å².